The highest BCUT2D eigenvalue weighted by Crippen LogP contribution is 2.24. The van der Waals surface area contributed by atoms with Crippen LogP contribution in [-0.4, -0.2) is 25.1 Å². The van der Waals surface area contributed by atoms with Crippen LogP contribution in [0.5, 0.6) is 5.75 Å². The number of carbonyl (C=O) groups excluding carboxylic acids is 1. The zero-order valence-electron chi connectivity index (χ0n) is 16.3. The van der Waals surface area contributed by atoms with E-state index in [0.717, 1.165) is 31.8 Å². The van der Waals surface area contributed by atoms with Crippen LogP contribution in [0.3, 0.4) is 0 Å². The average molecular weight is 379 g/mol. The van der Waals surface area contributed by atoms with Crippen molar-refractivity contribution in [3.63, 3.8) is 0 Å². The Labute approximate surface area is 165 Å². The summed E-state index contributed by atoms with van der Waals surface area (Å²) in [6.45, 7) is 5.81. The molecule has 0 aliphatic carbocycles. The van der Waals surface area contributed by atoms with Crippen LogP contribution in [0.4, 0.5) is 11.6 Å². The van der Waals surface area contributed by atoms with E-state index in [1.807, 2.05) is 32.0 Å². The number of ether oxygens (including phenoxy) is 1. The molecule has 0 bridgehead atoms. The van der Waals surface area contributed by atoms with Crippen LogP contribution in [-0.2, 0) is 4.79 Å². The number of piperidine rings is 1. The van der Waals surface area contributed by atoms with E-state index in [2.05, 4.69) is 10.2 Å². The molecule has 0 unspecified atom stereocenters. The Bertz CT molecular complexity index is 886. The number of benzene rings is 1. The van der Waals surface area contributed by atoms with Crippen molar-refractivity contribution in [3.8, 4) is 11.8 Å². The maximum absolute atomic E-state index is 12.5. The standard InChI is InChI=1S/C22H25N3O3/c1-16(2)27-19-8-6-7-18(14-19)24-22(26)17(15-23)13-20-9-10-21(28-20)25-11-4-3-5-12-25/h6-10,13-14,16H,3-5,11-12H2,1-2H3,(H,24,26)/b17-13-. The molecule has 2 heterocycles. The van der Waals surface area contributed by atoms with Crippen LogP contribution in [0.2, 0.25) is 0 Å². The fraction of sp³-hybridized carbons (Fsp3) is 0.364. The van der Waals surface area contributed by atoms with Gasteiger partial charge in [-0.2, -0.15) is 5.26 Å². The minimum atomic E-state index is -0.486. The normalized spacial score (nSPS) is 14.6. The van der Waals surface area contributed by atoms with Gasteiger partial charge in [-0.25, -0.2) is 0 Å². The molecule has 1 aliphatic rings. The molecule has 1 aromatic carbocycles. The Balaban J connectivity index is 1.70. The third-order valence-corrected chi connectivity index (χ3v) is 4.40. The lowest BCUT2D eigenvalue weighted by atomic mass is 10.1. The van der Waals surface area contributed by atoms with Crippen LogP contribution >= 0.6 is 0 Å². The molecule has 1 aliphatic heterocycles. The highest BCUT2D eigenvalue weighted by atomic mass is 16.5. The molecule has 1 fully saturated rings. The lowest BCUT2D eigenvalue weighted by Gasteiger charge is -2.25. The second-order valence-corrected chi connectivity index (χ2v) is 7.04. The number of nitrogens with zero attached hydrogens (tertiary/aromatic N) is 2. The summed E-state index contributed by atoms with van der Waals surface area (Å²) < 4.78 is 11.4. The zero-order chi connectivity index (χ0) is 19.9. The third kappa shape index (κ3) is 5.17. The van der Waals surface area contributed by atoms with E-state index in [4.69, 9.17) is 9.15 Å². The Kier molecular flexibility index (Phi) is 6.38. The summed E-state index contributed by atoms with van der Waals surface area (Å²) in [5.41, 5.74) is 0.549. The Morgan fingerprint density at radius 2 is 2.04 bits per heavy atom. The van der Waals surface area contributed by atoms with Gasteiger partial charge in [-0.05, 0) is 51.3 Å². The first-order chi connectivity index (χ1) is 13.5. The van der Waals surface area contributed by atoms with Crippen molar-refractivity contribution in [2.45, 2.75) is 39.2 Å². The lowest BCUT2D eigenvalue weighted by Crippen LogP contribution is -2.28. The fourth-order valence-corrected chi connectivity index (χ4v) is 3.11. The second kappa shape index (κ2) is 9.14. The summed E-state index contributed by atoms with van der Waals surface area (Å²) in [6, 6.07) is 12.7. The lowest BCUT2D eigenvalue weighted by molar-refractivity contribution is -0.112. The average Bonchev–Trinajstić information content (AvgIpc) is 3.15. The van der Waals surface area contributed by atoms with E-state index in [9.17, 15) is 10.1 Å². The molecule has 1 aromatic heterocycles. The molecule has 6 nitrogen and oxygen atoms in total. The van der Waals surface area contributed by atoms with E-state index >= 15 is 0 Å². The van der Waals surface area contributed by atoms with E-state index < -0.39 is 5.91 Å². The number of anilines is 2. The van der Waals surface area contributed by atoms with E-state index in [0.29, 0.717) is 17.2 Å². The van der Waals surface area contributed by atoms with Crippen LogP contribution in [0, 0.1) is 11.3 Å². The van der Waals surface area contributed by atoms with Gasteiger partial charge in [0.15, 0.2) is 5.88 Å². The van der Waals surface area contributed by atoms with Gasteiger partial charge in [0.25, 0.3) is 5.91 Å². The fourth-order valence-electron chi connectivity index (χ4n) is 3.11. The summed E-state index contributed by atoms with van der Waals surface area (Å²) in [5.74, 6) is 1.44. The predicted octanol–water partition coefficient (Wildman–Crippen LogP) is 4.60. The molecule has 0 saturated carbocycles. The largest absolute Gasteiger partial charge is 0.491 e. The van der Waals surface area contributed by atoms with Gasteiger partial charge in [0.2, 0.25) is 0 Å². The number of carbonyl (C=O) groups is 1. The summed E-state index contributed by atoms with van der Waals surface area (Å²) in [5, 5.41) is 12.1. The monoisotopic (exact) mass is 379 g/mol. The predicted molar refractivity (Wildman–Crippen MR) is 109 cm³/mol. The number of amides is 1. The first-order valence-electron chi connectivity index (χ1n) is 9.60. The molecule has 146 valence electrons. The van der Waals surface area contributed by atoms with Gasteiger partial charge in [0.05, 0.1) is 6.10 Å². The van der Waals surface area contributed by atoms with Crippen molar-refractivity contribution in [1.82, 2.24) is 0 Å². The van der Waals surface area contributed by atoms with Crippen molar-refractivity contribution in [2.75, 3.05) is 23.3 Å². The molecular weight excluding hydrogens is 354 g/mol. The van der Waals surface area contributed by atoms with Gasteiger partial charge in [-0.3, -0.25) is 4.79 Å². The number of hydrogen-bond acceptors (Lipinski definition) is 5. The minimum absolute atomic E-state index is 0.0188. The van der Waals surface area contributed by atoms with Crippen LogP contribution in [0.25, 0.3) is 6.08 Å². The van der Waals surface area contributed by atoms with Crippen molar-refractivity contribution in [3.05, 3.63) is 47.7 Å². The summed E-state index contributed by atoms with van der Waals surface area (Å²) in [4.78, 5) is 14.7. The summed E-state index contributed by atoms with van der Waals surface area (Å²) >= 11 is 0. The first kappa shape index (κ1) is 19.6. The molecule has 3 rings (SSSR count). The highest BCUT2D eigenvalue weighted by molar-refractivity contribution is 6.09. The second-order valence-electron chi connectivity index (χ2n) is 7.04. The molecule has 6 heteroatoms. The topological polar surface area (TPSA) is 78.5 Å². The molecule has 0 spiro atoms. The summed E-state index contributed by atoms with van der Waals surface area (Å²) in [6.07, 6.45) is 5.05. The highest BCUT2D eigenvalue weighted by Gasteiger charge is 2.15. The summed E-state index contributed by atoms with van der Waals surface area (Å²) in [7, 11) is 0. The van der Waals surface area contributed by atoms with Gasteiger partial charge < -0.3 is 19.4 Å². The maximum Gasteiger partial charge on any atom is 0.266 e. The third-order valence-electron chi connectivity index (χ3n) is 4.40. The molecule has 28 heavy (non-hydrogen) atoms. The molecule has 1 saturated heterocycles. The quantitative estimate of drug-likeness (QED) is 0.586. The molecule has 2 aromatic rings. The van der Waals surface area contributed by atoms with Gasteiger partial charge in [0.1, 0.15) is 23.2 Å². The Hall–Kier alpha value is -3.20. The van der Waals surface area contributed by atoms with Gasteiger partial charge in [-0.1, -0.05) is 6.07 Å². The van der Waals surface area contributed by atoms with Crippen LogP contribution < -0.4 is 15.0 Å². The van der Waals surface area contributed by atoms with Gasteiger partial charge >= 0.3 is 0 Å². The molecule has 1 amide bonds. The molecule has 0 radical (unpaired) electrons. The Morgan fingerprint density at radius 3 is 2.75 bits per heavy atom. The van der Waals surface area contributed by atoms with Gasteiger partial charge in [0, 0.05) is 37.0 Å². The number of nitrogens with one attached hydrogen (secondary N) is 1. The zero-order valence-corrected chi connectivity index (χ0v) is 16.3. The van der Waals surface area contributed by atoms with Crippen molar-refractivity contribution >= 4 is 23.6 Å². The van der Waals surface area contributed by atoms with E-state index in [-0.39, 0.29) is 11.7 Å². The SMILES string of the molecule is CC(C)Oc1cccc(NC(=O)/C(C#N)=C\c2ccc(N3CCCCC3)o2)c1. The van der Waals surface area contributed by atoms with Crippen molar-refractivity contribution < 1.29 is 13.9 Å². The number of hydrogen-bond donors (Lipinski definition) is 1. The van der Waals surface area contributed by atoms with Crippen molar-refractivity contribution in [2.24, 2.45) is 0 Å². The van der Waals surface area contributed by atoms with Crippen LogP contribution in [0.1, 0.15) is 38.9 Å². The molecular formula is C22H25N3O3. The number of rotatable bonds is 6. The smallest absolute Gasteiger partial charge is 0.266 e. The number of nitriles is 1. The molecule has 1 N–H and O–H groups in total. The number of furan rings is 1. The van der Waals surface area contributed by atoms with Gasteiger partial charge in [-0.15, -0.1) is 0 Å². The van der Waals surface area contributed by atoms with Crippen molar-refractivity contribution in [1.29, 1.82) is 5.26 Å². The Morgan fingerprint density at radius 1 is 1.25 bits per heavy atom. The van der Waals surface area contributed by atoms with E-state index in [1.165, 1.54) is 12.5 Å². The minimum Gasteiger partial charge on any atom is -0.491 e. The first-order valence-corrected chi connectivity index (χ1v) is 9.60. The van der Waals surface area contributed by atoms with E-state index in [1.54, 1.807) is 24.3 Å². The molecule has 0 atom stereocenters. The maximum atomic E-state index is 12.5. The van der Waals surface area contributed by atoms with Crippen LogP contribution in [0.15, 0.2) is 46.4 Å².